The molecule has 0 aliphatic carbocycles. The number of nitriles is 1. The number of nitrogens with zero attached hydrogens (tertiary/aromatic N) is 8. The molecule has 0 rings (SSSR count). The number of nitrogens with one attached hydrogen (secondary N) is 1. The van der Waals surface area contributed by atoms with Gasteiger partial charge in [0.25, 0.3) is 0 Å². The standard InChI is InChI=1S/2C12H29N2.C10H24N2.C2H5Br.C2H3N.BrH.F2HNO4S2.F2NO4S2.K/c2*1-6-13(7-2)11-12-14(8-3,9-4)10-5;1-5-11(6-2)9-10-12(7-3)8-4;2*1-2-3;;2*1-8(4,5)3-9(2,6)7;/h2*6-12H2,1-5H3;5-10H2,1-4H3;2H2,1H3;1H3;1H;3H;;/q2*+1;;;;;;-1;+1. The van der Waals surface area contributed by atoms with Crippen LogP contribution in [-0.4, -0.2) is 198 Å². The predicted octanol–water partition coefficient (Wildman–Crippen LogP) is 4.39. The first-order valence-corrected chi connectivity index (χ1v) is 28.7. The van der Waals surface area contributed by atoms with Crippen molar-refractivity contribution in [2.24, 2.45) is 0 Å². The Kier molecular flexibility index (Phi) is 69.4. The molecule has 402 valence electrons. The summed E-state index contributed by atoms with van der Waals surface area (Å²) in [5.74, 6) is 0. The van der Waals surface area contributed by atoms with Crippen LogP contribution in [0.3, 0.4) is 0 Å². The number of rotatable bonds is 27. The van der Waals surface area contributed by atoms with Crippen LogP contribution in [0.5, 0.6) is 0 Å². The molecule has 0 saturated heterocycles. The first kappa shape index (κ1) is 87.0. The normalized spacial score (nSPS) is 11.5. The Morgan fingerprint density at radius 3 is 0.742 bits per heavy atom. The van der Waals surface area contributed by atoms with Gasteiger partial charge >= 0.3 is 72.2 Å². The van der Waals surface area contributed by atoms with Crippen molar-refractivity contribution in [3.8, 4) is 6.07 Å². The van der Waals surface area contributed by atoms with Crippen LogP contribution in [-0.2, 0) is 41.6 Å². The summed E-state index contributed by atoms with van der Waals surface area (Å²) in [6.45, 7) is 59.9. The Bertz CT molecular complexity index is 1350. The Morgan fingerprint density at radius 2 is 0.652 bits per heavy atom. The molecule has 0 heterocycles. The van der Waals surface area contributed by atoms with Crippen molar-refractivity contribution < 1.29 is 110 Å². The molecular weight excluding hydrogens is 1110 g/mol. The van der Waals surface area contributed by atoms with E-state index in [1.807, 2.05) is 6.92 Å². The summed E-state index contributed by atoms with van der Waals surface area (Å²) in [5, 5.41) is 8.38. The summed E-state index contributed by atoms with van der Waals surface area (Å²) in [7, 11) is -22.2. The zero-order valence-electron chi connectivity index (χ0n) is 43.6. The average molecular weight is 1210 g/mol. The third-order valence-corrected chi connectivity index (χ3v) is 13.5. The monoisotopic (exact) mass is 1200 g/mol. The van der Waals surface area contributed by atoms with E-state index >= 15 is 0 Å². The van der Waals surface area contributed by atoms with Crippen molar-refractivity contribution in [3.63, 3.8) is 0 Å². The molecule has 1 N–H and O–H groups in total. The zero-order valence-corrected chi connectivity index (χ0v) is 53.3. The molecule has 28 heteroatoms. The van der Waals surface area contributed by atoms with Gasteiger partial charge in [-0.3, -0.25) is 9.80 Å². The molecule has 0 saturated carbocycles. The van der Waals surface area contributed by atoms with Crippen molar-refractivity contribution in [2.45, 2.75) is 111 Å². The maximum Gasteiger partial charge on any atom is 1.00 e. The van der Waals surface area contributed by atoms with Gasteiger partial charge < -0.3 is 22.9 Å². The van der Waals surface area contributed by atoms with Gasteiger partial charge in [-0.15, -0.1) is 24.8 Å². The second-order valence-electron chi connectivity index (χ2n) is 13.5. The number of halogens is 6. The molecule has 0 aromatic carbocycles. The van der Waals surface area contributed by atoms with Crippen molar-refractivity contribution in [2.75, 3.05) is 136 Å². The SMILES string of the molecule is Br.CC#N.CCBr.CCN(CC)CCN(CC)CC.CCN(CC)CC[N+](CC)(CC)CC.CCN(CC)CC[N+](CC)(CC)CC.O=S(=O)(F)NS(=O)(=O)F.O=S(=O)(F)[N-]S(=O)(=O)F.[K+]. The summed E-state index contributed by atoms with van der Waals surface area (Å²) >= 11 is 3.15. The number of hydrogen-bond donors (Lipinski definition) is 1. The van der Waals surface area contributed by atoms with Gasteiger partial charge in [-0.25, -0.2) is 16.8 Å². The van der Waals surface area contributed by atoms with Gasteiger partial charge in [-0.2, -0.15) is 22.1 Å². The number of hydrogen-bond acceptors (Lipinski definition) is 13. The van der Waals surface area contributed by atoms with Gasteiger partial charge in [0.05, 0.1) is 58.4 Å². The van der Waals surface area contributed by atoms with Crippen LogP contribution in [0.25, 0.3) is 4.13 Å². The van der Waals surface area contributed by atoms with E-state index in [-0.39, 0.29) is 72.5 Å². The fourth-order valence-corrected chi connectivity index (χ4v) is 7.47. The van der Waals surface area contributed by atoms with Crippen molar-refractivity contribution in [3.05, 3.63) is 4.13 Å². The molecule has 0 radical (unpaired) electrons. The third kappa shape index (κ3) is 65.3. The number of alkyl halides is 1. The van der Waals surface area contributed by atoms with E-state index in [0.29, 0.717) is 0 Å². The molecule has 0 bridgehead atoms. The van der Waals surface area contributed by atoms with Crippen LogP contribution in [0.1, 0.15) is 111 Å². The largest absolute Gasteiger partial charge is 1.00 e. The smallest absolute Gasteiger partial charge is 0.379 e. The van der Waals surface area contributed by atoms with Crippen LogP contribution in [0.4, 0.5) is 15.5 Å². The van der Waals surface area contributed by atoms with E-state index in [9.17, 15) is 49.2 Å². The van der Waals surface area contributed by atoms with E-state index in [1.165, 1.54) is 147 Å². The molecule has 66 heavy (non-hydrogen) atoms. The summed E-state index contributed by atoms with van der Waals surface area (Å²) in [5.41, 5.74) is 0. The van der Waals surface area contributed by atoms with E-state index in [2.05, 4.69) is 132 Å². The Morgan fingerprint density at radius 1 is 0.485 bits per heavy atom. The quantitative estimate of drug-likeness (QED) is 0.0400. The zero-order chi connectivity index (χ0) is 52.3. The minimum atomic E-state index is -5.62. The molecule has 0 fully saturated rings. The van der Waals surface area contributed by atoms with Crippen LogP contribution < -0.4 is 55.5 Å². The minimum Gasteiger partial charge on any atom is -0.379 e. The van der Waals surface area contributed by atoms with E-state index in [0.717, 1.165) is 9.46 Å². The molecule has 0 spiro atoms. The molecule has 0 aliphatic heterocycles. The first-order chi connectivity index (χ1) is 29.4. The van der Waals surface area contributed by atoms with Gasteiger partial charge in [0, 0.05) is 38.4 Å². The topological polar surface area (TPSA) is 199 Å². The fourth-order valence-electron chi connectivity index (χ4n) is 5.66. The summed E-state index contributed by atoms with van der Waals surface area (Å²) in [4.78, 5) is 9.98. The van der Waals surface area contributed by atoms with Crippen molar-refractivity contribution in [1.82, 2.24) is 23.7 Å². The van der Waals surface area contributed by atoms with Crippen LogP contribution >= 0.6 is 32.9 Å². The maximum atomic E-state index is 11.1. The molecule has 0 aromatic rings. The Balaban J connectivity index is -0.0000000853. The van der Waals surface area contributed by atoms with Crippen LogP contribution in [0, 0.1) is 11.3 Å². The minimum absolute atomic E-state index is 0. The Hall–Kier alpha value is 1.29. The van der Waals surface area contributed by atoms with Crippen LogP contribution in [0.2, 0.25) is 0 Å². The third-order valence-electron chi connectivity index (χ3n) is 10.5. The molecule has 17 nitrogen and oxygen atoms in total. The molecule has 0 amide bonds. The first-order valence-electron chi connectivity index (χ1n) is 22.1. The van der Waals surface area contributed by atoms with E-state index in [4.69, 9.17) is 5.26 Å². The van der Waals surface area contributed by atoms with E-state index in [1.54, 1.807) is 6.07 Å². The molecule has 0 unspecified atom stereocenters. The summed E-state index contributed by atoms with van der Waals surface area (Å²) in [6, 6.07) is 1.75. The number of likely N-dealkylation sites (N-methyl/N-ethyl adjacent to an activating group) is 6. The maximum absolute atomic E-state index is 11.1. The molecule has 0 atom stereocenters. The van der Waals surface area contributed by atoms with Gasteiger partial charge in [-0.1, -0.05) is 90.1 Å². The Labute approximate surface area is 465 Å². The molecule has 0 aliphatic rings. The fraction of sp³-hybridized carbons (Fsp3) is 0.974. The van der Waals surface area contributed by atoms with Crippen LogP contribution in [0.15, 0.2) is 0 Å². The van der Waals surface area contributed by atoms with Gasteiger partial charge in [-0.05, 0) is 93.9 Å². The van der Waals surface area contributed by atoms with Gasteiger partial charge in [0.2, 0.25) is 20.8 Å². The molecular formula is C38H92Br2F4KN9O8S4+2. The average Bonchev–Trinajstić information content (AvgIpc) is 3.20. The summed E-state index contributed by atoms with van der Waals surface area (Å²) < 4.78 is 122. The predicted molar refractivity (Wildman–Crippen MR) is 272 cm³/mol. The second-order valence-corrected chi connectivity index (χ2v) is 19.3. The van der Waals surface area contributed by atoms with Crippen molar-refractivity contribution in [1.29, 1.82) is 5.26 Å². The molecule has 0 aromatic heterocycles. The van der Waals surface area contributed by atoms with E-state index < -0.39 is 41.6 Å². The summed E-state index contributed by atoms with van der Waals surface area (Å²) in [6.07, 6.45) is 0. The van der Waals surface area contributed by atoms with Crippen molar-refractivity contribution >= 4 is 74.5 Å². The van der Waals surface area contributed by atoms with Gasteiger partial charge in [0.15, 0.2) is 0 Å². The van der Waals surface area contributed by atoms with Gasteiger partial charge in [0.1, 0.15) is 0 Å². The number of quaternary nitrogens is 2. The second kappa shape index (κ2) is 52.6.